The maximum Gasteiger partial charge on any atom is 0.311 e. The third kappa shape index (κ3) is 2.95. The van der Waals surface area contributed by atoms with Crippen LogP contribution in [0.5, 0.6) is 5.75 Å². The van der Waals surface area contributed by atoms with Crippen molar-refractivity contribution in [1.29, 1.82) is 0 Å². The van der Waals surface area contributed by atoms with Crippen LogP contribution in [0.4, 0.5) is 10.1 Å². The molecule has 0 fully saturated rings. The zero-order valence-corrected chi connectivity index (χ0v) is 7.77. The van der Waals surface area contributed by atoms with Crippen LogP contribution in [-0.4, -0.2) is 11.5 Å². The van der Waals surface area contributed by atoms with Crippen LogP contribution in [0.3, 0.4) is 0 Å². The van der Waals surface area contributed by atoms with Gasteiger partial charge in [-0.05, 0) is 6.07 Å². The van der Waals surface area contributed by atoms with Gasteiger partial charge in [-0.15, -0.1) is 12.3 Å². The number of nitrogens with zero attached hydrogens (tertiary/aromatic N) is 1. The van der Waals surface area contributed by atoms with Gasteiger partial charge < -0.3 is 4.74 Å². The first-order valence-corrected chi connectivity index (χ1v) is 4.15. The molecule has 0 N–H and O–H groups in total. The molecule has 0 aromatic heterocycles. The Morgan fingerprint density at radius 3 is 2.93 bits per heavy atom. The Labute approximate surface area is 85.8 Å². The lowest BCUT2D eigenvalue weighted by molar-refractivity contribution is -0.385. The van der Waals surface area contributed by atoms with Gasteiger partial charge in [-0.25, -0.2) is 4.39 Å². The Balaban J connectivity index is 2.88. The van der Waals surface area contributed by atoms with Crippen molar-refractivity contribution >= 4 is 5.69 Å². The lowest BCUT2D eigenvalue weighted by Crippen LogP contribution is -2.00. The Morgan fingerprint density at radius 2 is 2.33 bits per heavy atom. The molecular formula is C10H8FNO3. The van der Waals surface area contributed by atoms with Gasteiger partial charge in [0.25, 0.3) is 0 Å². The zero-order chi connectivity index (χ0) is 11.3. The molecule has 0 radical (unpaired) electrons. The van der Waals surface area contributed by atoms with E-state index in [0.717, 1.165) is 18.2 Å². The van der Waals surface area contributed by atoms with E-state index in [2.05, 4.69) is 5.92 Å². The molecule has 0 aliphatic carbocycles. The third-order valence-corrected chi connectivity index (χ3v) is 1.62. The van der Waals surface area contributed by atoms with Crippen molar-refractivity contribution in [2.24, 2.45) is 0 Å². The van der Waals surface area contributed by atoms with Gasteiger partial charge in [0.05, 0.1) is 11.5 Å². The Bertz CT molecular complexity index is 412. The van der Waals surface area contributed by atoms with Crippen molar-refractivity contribution < 1.29 is 14.1 Å². The van der Waals surface area contributed by atoms with E-state index in [9.17, 15) is 14.5 Å². The molecule has 0 bridgehead atoms. The second-order valence-electron chi connectivity index (χ2n) is 2.67. The second kappa shape index (κ2) is 4.96. The van der Waals surface area contributed by atoms with Crippen molar-refractivity contribution in [3.8, 4) is 18.1 Å². The standard InChI is InChI=1S/C10H8FNO3/c1-2-3-6-15-10-7-8(11)4-5-9(10)12(13)14/h1,4-5,7H,3,6H2. The first kappa shape index (κ1) is 11.0. The smallest absolute Gasteiger partial charge is 0.311 e. The summed E-state index contributed by atoms with van der Waals surface area (Å²) >= 11 is 0. The summed E-state index contributed by atoms with van der Waals surface area (Å²) in [6.45, 7) is 0.126. The highest BCUT2D eigenvalue weighted by Gasteiger charge is 2.15. The molecular weight excluding hydrogens is 201 g/mol. The lowest BCUT2D eigenvalue weighted by atomic mass is 10.3. The molecule has 78 valence electrons. The number of hydrogen-bond donors (Lipinski definition) is 0. The number of rotatable bonds is 4. The van der Waals surface area contributed by atoms with Crippen LogP contribution in [0.15, 0.2) is 18.2 Å². The average molecular weight is 209 g/mol. The van der Waals surface area contributed by atoms with E-state index in [1.807, 2.05) is 0 Å². The van der Waals surface area contributed by atoms with E-state index in [4.69, 9.17) is 11.2 Å². The number of terminal acetylenes is 1. The van der Waals surface area contributed by atoms with Crippen LogP contribution in [-0.2, 0) is 0 Å². The molecule has 4 nitrogen and oxygen atoms in total. The van der Waals surface area contributed by atoms with E-state index >= 15 is 0 Å². The van der Waals surface area contributed by atoms with Gasteiger partial charge in [0.15, 0.2) is 5.75 Å². The second-order valence-corrected chi connectivity index (χ2v) is 2.67. The van der Waals surface area contributed by atoms with Gasteiger partial charge in [-0.3, -0.25) is 10.1 Å². The molecule has 1 rings (SSSR count). The molecule has 15 heavy (non-hydrogen) atoms. The average Bonchev–Trinajstić information content (AvgIpc) is 2.18. The SMILES string of the molecule is C#CCCOc1cc(F)ccc1[N+](=O)[O-]. The maximum atomic E-state index is 12.8. The maximum absolute atomic E-state index is 12.8. The summed E-state index contributed by atoms with van der Waals surface area (Å²) in [7, 11) is 0. The van der Waals surface area contributed by atoms with E-state index in [0.29, 0.717) is 6.42 Å². The molecule has 0 spiro atoms. The number of hydrogen-bond acceptors (Lipinski definition) is 3. The predicted molar refractivity (Wildman–Crippen MR) is 52.0 cm³/mol. The molecule has 0 amide bonds. The Hall–Kier alpha value is -2.09. The molecule has 0 atom stereocenters. The molecule has 1 aromatic rings. The van der Waals surface area contributed by atoms with Crippen LogP contribution in [0.2, 0.25) is 0 Å². The molecule has 0 saturated heterocycles. The third-order valence-electron chi connectivity index (χ3n) is 1.62. The predicted octanol–water partition coefficient (Wildman–Crippen LogP) is 2.14. The fourth-order valence-electron chi connectivity index (χ4n) is 0.974. The summed E-state index contributed by atoms with van der Waals surface area (Å²) in [5.74, 6) is 1.62. The molecule has 0 heterocycles. The van der Waals surface area contributed by atoms with Crippen LogP contribution < -0.4 is 4.74 Å². The van der Waals surface area contributed by atoms with Gasteiger partial charge in [0.1, 0.15) is 5.82 Å². The fraction of sp³-hybridized carbons (Fsp3) is 0.200. The number of ether oxygens (including phenoxy) is 1. The molecule has 1 aromatic carbocycles. The summed E-state index contributed by atoms with van der Waals surface area (Å²) in [5.41, 5.74) is -0.270. The highest BCUT2D eigenvalue weighted by atomic mass is 19.1. The van der Waals surface area contributed by atoms with Crippen LogP contribution in [0, 0.1) is 28.3 Å². The summed E-state index contributed by atoms with van der Waals surface area (Å²) in [5, 5.41) is 10.5. The number of benzene rings is 1. The minimum absolute atomic E-state index is 0.102. The molecule has 0 unspecified atom stereocenters. The van der Waals surface area contributed by atoms with E-state index < -0.39 is 10.7 Å². The van der Waals surface area contributed by atoms with Crippen LogP contribution in [0.1, 0.15) is 6.42 Å². The largest absolute Gasteiger partial charge is 0.486 e. The first-order valence-electron chi connectivity index (χ1n) is 4.15. The highest BCUT2D eigenvalue weighted by molar-refractivity contribution is 5.46. The van der Waals surface area contributed by atoms with Crippen molar-refractivity contribution in [1.82, 2.24) is 0 Å². The number of nitro groups is 1. The topological polar surface area (TPSA) is 52.4 Å². The lowest BCUT2D eigenvalue weighted by Gasteiger charge is -2.04. The first-order chi connectivity index (χ1) is 7.15. The van der Waals surface area contributed by atoms with Gasteiger partial charge in [-0.1, -0.05) is 0 Å². The minimum atomic E-state index is -0.634. The van der Waals surface area contributed by atoms with Crippen LogP contribution in [0.25, 0.3) is 0 Å². The van der Waals surface area contributed by atoms with E-state index in [-0.39, 0.29) is 18.0 Å². The quantitative estimate of drug-likeness (QED) is 0.330. The summed E-state index contributed by atoms with van der Waals surface area (Å²) in [4.78, 5) is 9.89. The van der Waals surface area contributed by atoms with Gasteiger partial charge >= 0.3 is 5.69 Å². The fourth-order valence-corrected chi connectivity index (χ4v) is 0.974. The van der Waals surface area contributed by atoms with Crippen molar-refractivity contribution in [2.75, 3.05) is 6.61 Å². The van der Waals surface area contributed by atoms with E-state index in [1.54, 1.807) is 0 Å². The molecule has 5 heteroatoms. The normalized spacial score (nSPS) is 9.33. The molecule has 0 aliphatic heterocycles. The van der Waals surface area contributed by atoms with Crippen molar-refractivity contribution in [2.45, 2.75) is 6.42 Å². The number of nitro benzene ring substituents is 1. The van der Waals surface area contributed by atoms with Crippen molar-refractivity contribution in [3.63, 3.8) is 0 Å². The Morgan fingerprint density at radius 1 is 1.60 bits per heavy atom. The Kier molecular flexibility index (Phi) is 3.63. The molecule has 0 saturated carbocycles. The minimum Gasteiger partial charge on any atom is -0.486 e. The van der Waals surface area contributed by atoms with Gasteiger partial charge in [-0.2, -0.15) is 0 Å². The summed E-state index contributed by atoms with van der Waals surface area (Å²) < 4.78 is 17.8. The van der Waals surface area contributed by atoms with Crippen molar-refractivity contribution in [3.05, 3.63) is 34.1 Å². The summed E-state index contributed by atoms with van der Waals surface area (Å²) in [6.07, 6.45) is 5.30. The van der Waals surface area contributed by atoms with Gasteiger partial charge in [0, 0.05) is 18.6 Å². The summed E-state index contributed by atoms with van der Waals surface area (Å²) in [6, 6.07) is 3.03. The highest BCUT2D eigenvalue weighted by Crippen LogP contribution is 2.27. The number of halogens is 1. The van der Waals surface area contributed by atoms with Crippen LogP contribution >= 0.6 is 0 Å². The van der Waals surface area contributed by atoms with E-state index in [1.165, 1.54) is 0 Å². The zero-order valence-electron chi connectivity index (χ0n) is 7.77. The monoisotopic (exact) mass is 209 g/mol. The van der Waals surface area contributed by atoms with Gasteiger partial charge in [0.2, 0.25) is 0 Å². The molecule has 0 aliphatic rings.